The second-order valence-electron chi connectivity index (χ2n) is 8.39. The summed E-state index contributed by atoms with van der Waals surface area (Å²) in [5, 5.41) is 0.758. The number of rotatable bonds is 6. The third-order valence-corrected chi connectivity index (χ3v) is 6.65. The van der Waals surface area contributed by atoms with Crippen LogP contribution in [0.4, 0.5) is 5.13 Å². The van der Waals surface area contributed by atoms with Crippen LogP contribution >= 0.6 is 35.5 Å². The maximum atomic E-state index is 13.4. The van der Waals surface area contributed by atoms with E-state index in [0.717, 1.165) is 26.8 Å². The van der Waals surface area contributed by atoms with Gasteiger partial charge in [-0.25, -0.2) is 4.98 Å². The van der Waals surface area contributed by atoms with E-state index in [-0.39, 0.29) is 23.7 Å². The normalized spacial score (nSPS) is 11.6. The molecule has 0 aliphatic heterocycles. The Labute approximate surface area is 194 Å². The standard InChI is InChI=1S/C23H29N3OS2.ClH/c1-23(2,3)17-12-10-16(11-13-17)21(27)26(15-14-25(4)5)22-24-20-18(28-6)8-7-9-19(20)29-22;/h7-13H,14-15H2,1-6H3;1H. The van der Waals surface area contributed by atoms with Crippen molar-refractivity contribution in [3.05, 3.63) is 53.6 Å². The van der Waals surface area contributed by atoms with Crippen molar-refractivity contribution < 1.29 is 4.79 Å². The van der Waals surface area contributed by atoms with E-state index < -0.39 is 0 Å². The average molecular weight is 464 g/mol. The van der Waals surface area contributed by atoms with E-state index in [1.54, 1.807) is 23.1 Å². The predicted octanol–water partition coefficient (Wildman–Crippen LogP) is 5.95. The van der Waals surface area contributed by atoms with E-state index in [1.165, 1.54) is 5.56 Å². The molecule has 1 amide bonds. The fourth-order valence-corrected chi connectivity index (χ4v) is 4.69. The summed E-state index contributed by atoms with van der Waals surface area (Å²) < 4.78 is 1.11. The van der Waals surface area contributed by atoms with E-state index in [2.05, 4.69) is 56.2 Å². The number of carbonyl (C=O) groups excluding carboxylic acids is 1. The van der Waals surface area contributed by atoms with Gasteiger partial charge in [-0.2, -0.15) is 0 Å². The molecular weight excluding hydrogens is 434 g/mol. The Morgan fingerprint density at radius 3 is 2.30 bits per heavy atom. The van der Waals surface area contributed by atoms with E-state index in [0.29, 0.717) is 12.1 Å². The number of nitrogens with zero attached hydrogens (tertiary/aromatic N) is 3. The van der Waals surface area contributed by atoms with Crippen LogP contribution in [-0.4, -0.2) is 49.2 Å². The van der Waals surface area contributed by atoms with E-state index in [1.807, 2.05) is 37.2 Å². The largest absolute Gasteiger partial charge is 0.308 e. The quantitative estimate of drug-likeness (QED) is 0.423. The molecule has 0 atom stereocenters. The average Bonchev–Trinajstić information content (AvgIpc) is 3.11. The molecule has 2 aromatic carbocycles. The lowest BCUT2D eigenvalue weighted by Crippen LogP contribution is -2.36. The predicted molar refractivity (Wildman–Crippen MR) is 134 cm³/mol. The number of thioether (sulfide) groups is 1. The molecule has 0 unspecified atom stereocenters. The van der Waals surface area contributed by atoms with E-state index in [4.69, 9.17) is 4.98 Å². The lowest BCUT2D eigenvalue weighted by atomic mass is 9.86. The Balaban J connectivity index is 0.00000320. The van der Waals surface area contributed by atoms with Crippen LogP contribution in [-0.2, 0) is 5.41 Å². The Bertz CT molecular complexity index is 994. The Morgan fingerprint density at radius 1 is 1.07 bits per heavy atom. The highest BCUT2D eigenvalue weighted by Gasteiger charge is 2.23. The summed E-state index contributed by atoms with van der Waals surface area (Å²) in [4.78, 5) is 23.3. The van der Waals surface area contributed by atoms with Gasteiger partial charge in [-0.1, -0.05) is 50.3 Å². The molecule has 0 saturated heterocycles. The van der Waals surface area contributed by atoms with Gasteiger partial charge in [0.25, 0.3) is 5.91 Å². The van der Waals surface area contributed by atoms with Crippen molar-refractivity contribution >= 4 is 56.8 Å². The van der Waals surface area contributed by atoms with Crippen LogP contribution < -0.4 is 4.90 Å². The van der Waals surface area contributed by atoms with Gasteiger partial charge in [0.05, 0.1) is 10.2 Å². The minimum Gasteiger partial charge on any atom is -0.308 e. The topological polar surface area (TPSA) is 36.4 Å². The maximum absolute atomic E-state index is 13.4. The van der Waals surface area contributed by atoms with Crippen LogP contribution in [0.15, 0.2) is 47.4 Å². The first-order valence-corrected chi connectivity index (χ1v) is 11.8. The summed E-state index contributed by atoms with van der Waals surface area (Å²) in [7, 11) is 4.04. The van der Waals surface area contributed by atoms with Crippen molar-refractivity contribution in [2.24, 2.45) is 0 Å². The monoisotopic (exact) mass is 463 g/mol. The Morgan fingerprint density at radius 2 is 1.73 bits per heavy atom. The molecule has 0 spiro atoms. The number of anilines is 1. The molecule has 0 aliphatic carbocycles. The molecule has 30 heavy (non-hydrogen) atoms. The number of benzene rings is 2. The van der Waals surface area contributed by atoms with Crippen LogP contribution in [0.2, 0.25) is 0 Å². The summed E-state index contributed by atoms with van der Waals surface area (Å²) >= 11 is 3.26. The highest BCUT2D eigenvalue weighted by molar-refractivity contribution is 7.98. The molecule has 4 nitrogen and oxygen atoms in total. The number of hydrogen-bond donors (Lipinski definition) is 0. The third-order valence-electron chi connectivity index (χ3n) is 4.84. The number of fused-ring (bicyclic) bond motifs is 1. The van der Waals surface area contributed by atoms with E-state index >= 15 is 0 Å². The molecular formula is C23H30ClN3OS2. The molecule has 0 fully saturated rings. The summed E-state index contributed by atoms with van der Waals surface area (Å²) in [6.07, 6.45) is 2.06. The third kappa shape index (κ3) is 5.55. The fraction of sp³-hybridized carbons (Fsp3) is 0.391. The summed E-state index contributed by atoms with van der Waals surface area (Å²) in [6, 6.07) is 14.2. The number of para-hydroxylation sites is 1. The maximum Gasteiger partial charge on any atom is 0.260 e. The smallest absolute Gasteiger partial charge is 0.260 e. The molecule has 1 heterocycles. The van der Waals surface area contributed by atoms with Gasteiger partial charge in [0.2, 0.25) is 0 Å². The molecule has 0 radical (unpaired) electrons. The minimum atomic E-state index is -0.00272. The van der Waals surface area contributed by atoms with Gasteiger partial charge in [-0.05, 0) is 55.6 Å². The summed E-state index contributed by atoms with van der Waals surface area (Å²) in [5.41, 5.74) is 2.96. The molecule has 1 aromatic heterocycles. The fourth-order valence-electron chi connectivity index (χ4n) is 3.04. The van der Waals surface area contributed by atoms with Crippen LogP contribution in [0.25, 0.3) is 10.2 Å². The van der Waals surface area contributed by atoms with Gasteiger partial charge >= 0.3 is 0 Å². The van der Waals surface area contributed by atoms with Gasteiger partial charge in [0, 0.05) is 23.5 Å². The van der Waals surface area contributed by atoms with Crippen molar-refractivity contribution in [1.29, 1.82) is 0 Å². The highest BCUT2D eigenvalue weighted by atomic mass is 35.5. The molecule has 0 bridgehead atoms. The lowest BCUT2D eigenvalue weighted by Gasteiger charge is -2.23. The highest BCUT2D eigenvalue weighted by Crippen LogP contribution is 2.34. The SMILES string of the molecule is CSc1cccc2sc(N(CCN(C)C)C(=O)c3ccc(C(C)(C)C)cc3)nc12.Cl. The molecule has 3 rings (SSSR count). The number of thiazole rings is 1. The second-order valence-corrected chi connectivity index (χ2v) is 10.2. The lowest BCUT2D eigenvalue weighted by molar-refractivity contribution is 0.0985. The summed E-state index contributed by atoms with van der Waals surface area (Å²) in [5.74, 6) is -0.00272. The van der Waals surface area contributed by atoms with Gasteiger partial charge < -0.3 is 4.90 Å². The van der Waals surface area contributed by atoms with Gasteiger partial charge in [0.1, 0.15) is 0 Å². The van der Waals surface area contributed by atoms with Crippen molar-refractivity contribution in [1.82, 2.24) is 9.88 Å². The number of carbonyl (C=O) groups is 1. The minimum absolute atomic E-state index is 0. The molecule has 0 saturated carbocycles. The van der Waals surface area contributed by atoms with Crippen LogP contribution in [0, 0.1) is 0 Å². The van der Waals surface area contributed by atoms with Crippen molar-refractivity contribution in [2.45, 2.75) is 31.1 Å². The first-order valence-electron chi connectivity index (χ1n) is 9.71. The number of aromatic nitrogens is 1. The zero-order valence-electron chi connectivity index (χ0n) is 18.4. The molecule has 162 valence electrons. The van der Waals surface area contributed by atoms with Crippen LogP contribution in [0.1, 0.15) is 36.7 Å². The van der Waals surface area contributed by atoms with Gasteiger partial charge in [0.15, 0.2) is 5.13 Å². The number of likely N-dealkylation sites (N-methyl/N-ethyl adjacent to an activating group) is 1. The molecule has 0 N–H and O–H groups in total. The van der Waals surface area contributed by atoms with Crippen molar-refractivity contribution in [3.8, 4) is 0 Å². The first kappa shape index (κ1) is 24.7. The zero-order chi connectivity index (χ0) is 21.2. The summed E-state index contributed by atoms with van der Waals surface area (Å²) in [6.45, 7) is 7.91. The van der Waals surface area contributed by atoms with Crippen LogP contribution in [0.3, 0.4) is 0 Å². The van der Waals surface area contributed by atoms with Crippen molar-refractivity contribution in [3.63, 3.8) is 0 Å². The zero-order valence-corrected chi connectivity index (χ0v) is 20.9. The van der Waals surface area contributed by atoms with Gasteiger partial charge in [-0.15, -0.1) is 24.2 Å². The number of amides is 1. The van der Waals surface area contributed by atoms with Gasteiger partial charge in [-0.3, -0.25) is 9.69 Å². The molecule has 0 aliphatic rings. The first-order chi connectivity index (χ1) is 13.7. The Hall–Kier alpha value is -1.60. The molecule has 3 aromatic rings. The van der Waals surface area contributed by atoms with Crippen LogP contribution in [0.5, 0.6) is 0 Å². The second kappa shape index (κ2) is 10.1. The molecule has 7 heteroatoms. The Kier molecular flexibility index (Phi) is 8.34. The van der Waals surface area contributed by atoms with E-state index in [9.17, 15) is 4.79 Å². The van der Waals surface area contributed by atoms with Crippen molar-refractivity contribution in [2.75, 3.05) is 38.3 Å². The number of hydrogen-bond acceptors (Lipinski definition) is 5. The number of halogens is 1.